The van der Waals surface area contributed by atoms with E-state index >= 15 is 0 Å². The molecule has 0 saturated carbocycles. The van der Waals surface area contributed by atoms with E-state index in [9.17, 15) is 18.0 Å². The van der Waals surface area contributed by atoms with Gasteiger partial charge in [-0.3, -0.25) is 4.79 Å². The van der Waals surface area contributed by atoms with Gasteiger partial charge in [0.15, 0.2) is 10.8 Å². The van der Waals surface area contributed by atoms with Crippen molar-refractivity contribution in [1.82, 2.24) is 24.6 Å². The number of nitrogens with zero attached hydrogens (tertiary/aromatic N) is 6. The molecule has 0 atom stereocenters. The van der Waals surface area contributed by atoms with Crippen LogP contribution in [0.1, 0.15) is 16.1 Å². The maximum Gasteiger partial charge on any atom is 0.434 e. The fraction of sp³-hybridized carbons (Fsp3) is 0.238. The molecule has 1 aliphatic rings. The molecule has 0 bridgehead atoms. The minimum absolute atomic E-state index is 0.128. The summed E-state index contributed by atoms with van der Waals surface area (Å²) < 4.78 is 42.6. The molecular weight excluding hydrogens is 477 g/mol. The van der Waals surface area contributed by atoms with Crippen LogP contribution in [0.3, 0.4) is 0 Å². The lowest BCUT2D eigenvalue weighted by Gasteiger charge is -2.34. The number of halogens is 4. The number of benzene rings is 1. The second-order valence-corrected chi connectivity index (χ2v) is 8.79. The van der Waals surface area contributed by atoms with Gasteiger partial charge in [-0.25, -0.2) is 14.6 Å². The molecule has 0 spiro atoms. The molecule has 0 unspecified atom stereocenters. The molecule has 7 nitrogen and oxygen atoms in total. The SMILES string of the molecule is O=C(c1cnn(-c2cccc(Cl)c2)c1C(F)(F)F)N1CCN(c2nc3cccnc3s2)CC1. The van der Waals surface area contributed by atoms with Crippen molar-refractivity contribution in [1.29, 1.82) is 0 Å². The Hall–Kier alpha value is -3.18. The Morgan fingerprint density at radius 2 is 1.88 bits per heavy atom. The topological polar surface area (TPSA) is 67.2 Å². The molecule has 3 aromatic heterocycles. The van der Waals surface area contributed by atoms with E-state index in [1.807, 2.05) is 17.0 Å². The quantitative estimate of drug-likeness (QED) is 0.421. The fourth-order valence-corrected chi connectivity index (χ4v) is 4.89. The van der Waals surface area contributed by atoms with Gasteiger partial charge in [0.25, 0.3) is 5.91 Å². The first-order valence-corrected chi connectivity index (χ1v) is 11.2. The summed E-state index contributed by atoms with van der Waals surface area (Å²) in [5, 5.41) is 4.91. The second-order valence-electron chi connectivity index (χ2n) is 7.40. The first kappa shape index (κ1) is 21.7. The molecule has 4 aromatic rings. The molecule has 0 radical (unpaired) electrons. The third-order valence-electron chi connectivity index (χ3n) is 5.31. The summed E-state index contributed by atoms with van der Waals surface area (Å²) in [6, 6.07) is 9.58. The van der Waals surface area contributed by atoms with Crippen molar-refractivity contribution in [2.75, 3.05) is 31.1 Å². The van der Waals surface area contributed by atoms with Crippen molar-refractivity contribution in [3.8, 4) is 5.69 Å². The number of carbonyl (C=O) groups is 1. The Kier molecular flexibility index (Phi) is 5.45. The predicted molar refractivity (Wildman–Crippen MR) is 119 cm³/mol. The number of thiazole rings is 1. The van der Waals surface area contributed by atoms with Gasteiger partial charge in [-0.15, -0.1) is 0 Å². The number of piperazine rings is 1. The molecule has 1 fully saturated rings. The smallest absolute Gasteiger partial charge is 0.344 e. The van der Waals surface area contributed by atoms with Gasteiger partial charge >= 0.3 is 6.18 Å². The molecule has 1 saturated heterocycles. The van der Waals surface area contributed by atoms with Crippen LogP contribution < -0.4 is 4.90 Å². The number of aromatic nitrogens is 4. The Bertz CT molecular complexity index is 1300. The van der Waals surface area contributed by atoms with Gasteiger partial charge in [-0.2, -0.15) is 18.3 Å². The highest BCUT2D eigenvalue weighted by Gasteiger charge is 2.41. The standard InChI is InChI=1S/C21H16ClF3N6OS/c22-13-3-1-4-14(11-13)31-17(21(23,24)25)15(12-27-31)19(32)29-7-9-30(10-8-29)20-28-16-5-2-6-26-18(16)33-20/h1-6,11-12H,7-10H2. The molecular formula is C21H16ClF3N6OS. The van der Waals surface area contributed by atoms with E-state index in [2.05, 4.69) is 15.1 Å². The van der Waals surface area contributed by atoms with Crippen molar-refractivity contribution in [2.24, 2.45) is 0 Å². The molecule has 170 valence electrons. The van der Waals surface area contributed by atoms with Gasteiger partial charge < -0.3 is 9.80 Å². The Labute approximate surface area is 195 Å². The molecule has 4 heterocycles. The second kappa shape index (κ2) is 8.31. The molecule has 33 heavy (non-hydrogen) atoms. The van der Waals surface area contributed by atoms with Crippen LogP contribution in [0.5, 0.6) is 0 Å². The average molecular weight is 493 g/mol. The number of alkyl halides is 3. The van der Waals surface area contributed by atoms with Gasteiger partial charge in [0.1, 0.15) is 10.3 Å². The van der Waals surface area contributed by atoms with E-state index in [1.165, 1.54) is 34.4 Å². The number of amides is 1. The lowest BCUT2D eigenvalue weighted by molar-refractivity contribution is -0.143. The van der Waals surface area contributed by atoms with E-state index in [0.717, 1.165) is 21.7 Å². The number of hydrogen-bond donors (Lipinski definition) is 0. The van der Waals surface area contributed by atoms with Gasteiger partial charge in [-0.1, -0.05) is 29.0 Å². The minimum atomic E-state index is -4.78. The lowest BCUT2D eigenvalue weighted by Crippen LogP contribution is -2.49. The maximum absolute atomic E-state index is 14.0. The number of pyridine rings is 1. The van der Waals surface area contributed by atoms with Crippen molar-refractivity contribution in [3.05, 3.63) is 65.1 Å². The van der Waals surface area contributed by atoms with Gasteiger partial charge in [0.05, 0.1) is 17.4 Å². The Morgan fingerprint density at radius 1 is 1.09 bits per heavy atom. The number of fused-ring (bicyclic) bond motifs is 1. The minimum Gasteiger partial charge on any atom is -0.344 e. The van der Waals surface area contributed by atoms with Crippen LogP contribution in [0.2, 0.25) is 5.02 Å². The summed E-state index contributed by atoms with van der Waals surface area (Å²) in [6.45, 7) is 1.44. The molecule has 5 rings (SSSR count). The van der Waals surface area contributed by atoms with Crippen LogP contribution in [0.4, 0.5) is 18.3 Å². The number of carbonyl (C=O) groups excluding carboxylic acids is 1. The molecule has 0 N–H and O–H groups in total. The first-order chi connectivity index (χ1) is 15.8. The third-order valence-corrected chi connectivity index (χ3v) is 6.59. The van der Waals surface area contributed by atoms with Crippen molar-refractivity contribution in [2.45, 2.75) is 6.18 Å². The van der Waals surface area contributed by atoms with Gasteiger partial charge in [0.2, 0.25) is 0 Å². The largest absolute Gasteiger partial charge is 0.434 e. The van der Waals surface area contributed by atoms with E-state index in [4.69, 9.17) is 11.6 Å². The average Bonchev–Trinajstić information content (AvgIpc) is 3.43. The van der Waals surface area contributed by atoms with Crippen molar-refractivity contribution < 1.29 is 18.0 Å². The van der Waals surface area contributed by atoms with Crippen LogP contribution in [0, 0.1) is 0 Å². The van der Waals surface area contributed by atoms with Crippen LogP contribution in [0.25, 0.3) is 16.0 Å². The number of hydrogen-bond acceptors (Lipinski definition) is 6. The fourth-order valence-electron chi connectivity index (χ4n) is 3.75. The highest BCUT2D eigenvalue weighted by molar-refractivity contribution is 7.21. The summed E-state index contributed by atoms with van der Waals surface area (Å²) in [4.78, 5) is 26.2. The summed E-state index contributed by atoms with van der Waals surface area (Å²) in [5.74, 6) is -0.707. The van der Waals surface area contributed by atoms with Crippen LogP contribution in [-0.4, -0.2) is 56.7 Å². The zero-order valence-corrected chi connectivity index (χ0v) is 18.5. The normalized spacial score (nSPS) is 14.8. The lowest BCUT2D eigenvalue weighted by atomic mass is 10.2. The Balaban J connectivity index is 1.38. The number of anilines is 1. The third kappa shape index (κ3) is 4.13. The summed E-state index contributed by atoms with van der Waals surface area (Å²) in [5.41, 5.74) is -0.683. The zero-order chi connectivity index (χ0) is 23.2. The van der Waals surface area contributed by atoms with Crippen molar-refractivity contribution in [3.63, 3.8) is 0 Å². The molecule has 1 aromatic carbocycles. The summed E-state index contributed by atoms with van der Waals surface area (Å²) >= 11 is 7.38. The summed E-state index contributed by atoms with van der Waals surface area (Å²) in [6.07, 6.45) is -2.11. The van der Waals surface area contributed by atoms with Gasteiger partial charge in [-0.05, 0) is 30.3 Å². The first-order valence-electron chi connectivity index (χ1n) is 9.98. The van der Waals surface area contributed by atoms with Gasteiger partial charge in [0, 0.05) is 37.4 Å². The maximum atomic E-state index is 14.0. The van der Waals surface area contributed by atoms with Crippen LogP contribution >= 0.6 is 22.9 Å². The summed E-state index contributed by atoms with van der Waals surface area (Å²) in [7, 11) is 0. The molecule has 12 heteroatoms. The highest BCUT2D eigenvalue weighted by atomic mass is 35.5. The highest BCUT2D eigenvalue weighted by Crippen LogP contribution is 2.35. The van der Waals surface area contributed by atoms with E-state index < -0.39 is 23.3 Å². The molecule has 1 amide bonds. The number of rotatable bonds is 3. The van der Waals surface area contributed by atoms with Crippen LogP contribution in [-0.2, 0) is 6.18 Å². The van der Waals surface area contributed by atoms with E-state index in [0.29, 0.717) is 17.8 Å². The zero-order valence-electron chi connectivity index (χ0n) is 17.0. The molecule has 1 aliphatic heterocycles. The van der Waals surface area contributed by atoms with E-state index in [1.54, 1.807) is 12.3 Å². The van der Waals surface area contributed by atoms with Crippen LogP contribution in [0.15, 0.2) is 48.8 Å². The van der Waals surface area contributed by atoms with E-state index in [-0.39, 0.29) is 23.8 Å². The van der Waals surface area contributed by atoms with Crippen molar-refractivity contribution >= 4 is 44.3 Å². The Morgan fingerprint density at radius 3 is 2.58 bits per heavy atom. The molecule has 0 aliphatic carbocycles. The predicted octanol–water partition coefficient (Wildman–Crippen LogP) is 4.51. The monoisotopic (exact) mass is 492 g/mol.